The predicted molar refractivity (Wildman–Crippen MR) is 96.9 cm³/mol. The second-order valence-electron chi connectivity index (χ2n) is 6.08. The van der Waals surface area contributed by atoms with E-state index in [1.807, 2.05) is 18.2 Å². The molecule has 1 aliphatic rings. The van der Waals surface area contributed by atoms with Crippen molar-refractivity contribution in [1.29, 1.82) is 0 Å². The Hall–Kier alpha value is -1.75. The number of carbonyl (C=O) groups excluding carboxylic acids is 1. The van der Waals surface area contributed by atoms with Gasteiger partial charge in [-0.1, -0.05) is 40.0 Å². The van der Waals surface area contributed by atoms with E-state index in [4.69, 9.17) is 9.47 Å². The first kappa shape index (κ1) is 18.6. The zero-order chi connectivity index (χ0) is 17.4. The van der Waals surface area contributed by atoms with Crippen LogP contribution in [0.4, 0.5) is 5.69 Å². The van der Waals surface area contributed by atoms with Crippen molar-refractivity contribution in [3.05, 3.63) is 18.2 Å². The van der Waals surface area contributed by atoms with Crippen LogP contribution in [0.1, 0.15) is 46.5 Å². The molecule has 1 atom stereocenters. The topological polar surface area (TPSA) is 50.8 Å². The normalized spacial score (nSPS) is 14.5. The highest BCUT2D eigenvalue weighted by Crippen LogP contribution is 2.32. The summed E-state index contributed by atoms with van der Waals surface area (Å²) in [6.07, 6.45) is 4.29. The number of nitrogens with one attached hydrogen (secondary N) is 1. The maximum Gasteiger partial charge on any atom is 0.241 e. The smallest absolute Gasteiger partial charge is 0.241 e. The van der Waals surface area contributed by atoms with Crippen LogP contribution in [-0.2, 0) is 4.79 Å². The minimum atomic E-state index is -0.0836. The van der Waals surface area contributed by atoms with Crippen molar-refractivity contribution >= 4 is 11.6 Å². The van der Waals surface area contributed by atoms with Crippen molar-refractivity contribution < 1.29 is 14.3 Å². The second kappa shape index (κ2) is 9.52. The van der Waals surface area contributed by atoms with E-state index in [2.05, 4.69) is 31.0 Å². The van der Waals surface area contributed by atoms with Crippen LogP contribution < -0.4 is 14.8 Å². The van der Waals surface area contributed by atoms with E-state index < -0.39 is 0 Å². The molecule has 1 heterocycles. The molecule has 24 heavy (non-hydrogen) atoms. The molecular weight excluding hydrogens is 304 g/mol. The number of amides is 1. The largest absolute Gasteiger partial charge is 0.486 e. The fourth-order valence-corrected chi connectivity index (χ4v) is 3.08. The van der Waals surface area contributed by atoms with E-state index in [0.717, 1.165) is 50.2 Å². The van der Waals surface area contributed by atoms with Gasteiger partial charge in [0, 0.05) is 11.8 Å². The summed E-state index contributed by atoms with van der Waals surface area (Å²) < 4.78 is 11.1. The number of carbonyl (C=O) groups is 1. The molecule has 0 spiro atoms. The maximum atomic E-state index is 12.8. The Morgan fingerprint density at radius 1 is 1.12 bits per heavy atom. The summed E-state index contributed by atoms with van der Waals surface area (Å²) in [4.78, 5) is 15.0. The summed E-state index contributed by atoms with van der Waals surface area (Å²) in [5.74, 6) is 1.50. The summed E-state index contributed by atoms with van der Waals surface area (Å²) in [5, 5.41) is 3.05. The number of ether oxygens (including phenoxy) is 2. The number of likely N-dealkylation sites (N-methyl/N-ethyl adjacent to an activating group) is 1. The minimum absolute atomic E-state index is 0.0616. The van der Waals surface area contributed by atoms with Gasteiger partial charge in [-0.25, -0.2) is 0 Å². The third-order valence-corrected chi connectivity index (χ3v) is 4.45. The fourth-order valence-electron chi connectivity index (χ4n) is 3.08. The molecule has 1 amide bonds. The van der Waals surface area contributed by atoms with E-state index in [1.165, 1.54) is 0 Å². The summed E-state index contributed by atoms with van der Waals surface area (Å²) in [6, 6.07) is 5.49. The van der Waals surface area contributed by atoms with Crippen LogP contribution in [0.25, 0.3) is 0 Å². The number of benzene rings is 1. The van der Waals surface area contributed by atoms with Crippen molar-refractivity contribution in [2.45, 2.75) is 52.5 Å². The van der Waals surface area contributed by atoms with Gasteiger partial charge in [-0.2, -0.15) is 0 Å². The van der Waals surface area contributed by atoms with Gasteiger partial charge in [0.05, 0.1) is 6.04 Å². The molecule has 0 saturated heterocycles. The van der Waals surface area contributed by atoms with E-state index in [0.29, 0.717) is 19.0 Å². The molecule has 1 aliphatic heterocycles. The average molecular weight is 334 g/mol. The molecular formula is C19H30N2O3. The molecule has 0 aliphatic carbocycles. The molecule has 0 aromatic heterocycles. The highest BCUT2D eigenvalue weighted by Gasteiger charge is 2.24. The monoisotopic (exact) mass is 334 g/mol. The number of hydrogen-bond donors (Lipinski definition) is 1. The van der Waals surface area contributed by atoms with E-state index in [-0.39, 0.29) is 11.9 Å². The van der Waals surface area contributed by atoms with Crippen molar-refractivity contribution in [3.8, 4) is 11.5 Å². The summed E-state index contributed by atoms with van der Waals surface area (Å²) in [5.41, 5.74) is 0.761. The summed E-state index contributed by atoms with van der Waals surface area (Å²) in [6.45, 7) is 9.26. The molecule has 1 aromatic carbocycles. The van der Waals surface area contributed by atoms with Crippen LogP contribution in [0.2, 0.25) is 0 Å². The minimum Gasteiger partial charge on any atom is -0.486 e. The van der Waals surface area contributed by atoms with Crippen molar-refractivity contribution in [1.82, 2.24) is 4.90 Å². The molecule has 5 heteroatoms. The first-order chi connectivity index (χ1) is 11.7. The van der Waals surface area contributed by atoms with Gasteiger partial charge in [0.25, 0.3) is 0 Å². The Balaban J connectivity index is 2.05. The van der Waals surface area contributed by atoms with Gasteiger partial charge in [-0.3, -0.25) is 9.69 Å². The molecule has 0 fully saturated rings. The average Bonchev–Trinajstić information content (AvgIpc) is 2.61. The third kappa shape index (κ3) is 4.87. The van der Waals surface area contributed by atoms with Gasteiger partial charge in [-0.15, -0.1) is 0 Å². The number of fused-ring (bicyclic) bond motifs is 1. The zero-order valence-electron chi connectivity index (χ0n) is 15.1. The van der Waals surface area contributed by atoms with Crippen LogP contribution in [0, 0.1) is 0 Å². The van der Waals surface area contributed by atoms with Gasteiger partial charge in [0.2, 0.25) is 5.91 Å². The molecule has 1 N–H and O–H groups in total. The highest BCUT2D eigenvalue weighted by atomic mass is 16.6. The van der Waals surface area contributed by atoms with E-state index in [1.54, 1.807) is 0 Å². The summed E-state index contributed by atoms with van der Waals surface area (Å²) >= 11 is 0. The SMILES string of the molecule is CCCCCC(C(=O)Nc1ccc2c(c1)OCCO2)N(CC)CC. The number of rotatable bonds is 9. The fraction of sp³-hybridized carbons (Fsp3) is 0.632. The lowest BCUT2D eigenvalue weighted by atomic mass is 10.1. The number of hydrogen-bond acceptors (Lipinski definition) is 4. The molecule has 0 radical (unpaired) electrons. The molecule has 1 unspecified atom stereocenters. The predicted octanol–water partition coefficient (Wildman–Crippen LogP) is 3.69. The molecule has 0 saturated carbocycles. The van der Waals surface area contributed by atoms with Gasteiger partial charge < -0.3 is 14.8 Å². The lowest BCUT2D eigenvalue weighted by molar-refractivity contribution is -0.121. The Kier molecular flexibility index (Phi) is 7.37. The van der Waals surface area contributed by atoms with Crippen LogP contribution in [0.15, 0.2) is 18.2 Å². The van der Waals surface area contributed by atoms with Crippen molar-refractivity contribution in [2.24, 2.45) is 0 Å². The molecule has 1 aromatic rings. The molecule has 134 valence electrons. The van der Waals surface area contributed by atoms with Crippen LogP contribution in [0.5, 0.6) is 11.5 Å². The van der Waals surface area contributed by atoms with E-state index in [9.17, 15) is 4.79 Å². The van der Waals surface area contributed by atoms with Gasteiger partial charge in [0.1, 0.15) is 13.2 Å². The van der Waals surface area contributed by atoms with Crippen molar-refractivity contribution in [2.75, 3.05) is 31.6 Å². The second-order valence-corrected chi connectivity index (χ2v) is 6.08. The Bertz CT molecular complexity index is 529. The van der Waals surface area contributed by atoms with Gasteiger partial charge in [0.15, 0.2) is 11.5 Å². The van der Waals surface area contributed by atoms with Crippen LogP contribution in [0.3, 0.4) is 0 Å². The lowest BCUT2D eigenvalue weighted by Crippen LogP contribution is -2.44. The van der Waals surface area contributed by atoms with Crippen LogP contribution >= 0.6 is 0 Å². The summed E-state index contributed by atoms with van der Waals surface area (Å²) in [7, 11) is 0. The third-order valence-electron chi connectivity index (χ3n) is 4.45. The van der Waals surface area contributed by atoms with Gasteiger partial charge >= 0.3 is 0 Å². The molecule has 5 nitrogen and oxygen atoms in total. The first-order valence-corrected chi connectivity index (χ1v) is 9.14. The lowest BCUT2D eigenvalue weighted by Gasteiger charge is -2.29. The quantitative estimate of drug-likeness (QED) is 0.700. The molecule has 0 bridgehead atoms. The Morgan fingerprint density at radius 3 is 2.50 bits per heavy atom. The number of nitrogens with zero attached hydrogens (tertiary/aromatic N) is 1. The Labute approximate surface area is 145 Å². The zero-order valence-corrected chi connectivity index (χ0v) is 15.1. The van der Waals surface area contributed by atoms with E-state index >= 15 is 0 Å². The standard InChI is InChI=1S/C19H30N2O3/c1-4-7-8-9-16(21(5-2)6-3)19(22)20-15-10-11-17-18(14-15)24-13-12-23-17/h10-11,14,16H,4-9,12-13H2,1-3H3,(H,20,22). The highest BCUT2D eigenvalue weighted by molar-refractivity contribution is 5.95. The maximum absolute atomic E-state index is 12.8. The molecule has 2 rings (SSSR count). The van der Waals surface area contributed by atoms with Crippen LogP contribution in [-0.4, -0.2) is 43.2 Å². The number of unbranched alkanes of at least 4 members (excludes halogenated alkanes) is 2. The van der Waals surface area contributed by atoms with Gasteiger partial charge in [-0.05, 0) is 31.6 Å². The number of anilines is 1. The van der Waals surface area contributed by atoms with Crippen molar-refractivity contribution in [3.63, 3.8) is 0 Å². The first-order valence-electron chi connectivity index (χ1n) is 9.14. The Morgan fingerprint density at radius 2 is 1.83 bits per heavy atom.